The van der Waals surface area contributed by atoms with E-state index in [2.05, 4.69) is 4.74 Å². The van der Waals surface area contributed by atoms with Crippen LogP contribution in [0.4, 0.5) is 17.6 Å². The molecule has 1 fully saturated rings. The highest BCUT2D eigenvalue weighted by Gasteiger charge is 2.56. The van der Waals surface area contributed by atoms with Crippen molar-refractivity contribution in [3.8, 4) is 0 Å². The van der Waals surface area contributed by atoms with Crippen LogP contribution in [0, 0.1) is 0 Å². The summed E-state index contributed by atoms with van der Waals surface area (Å²) in [6.07, 6.45) is -1.78. The van der Waals surface area contributed by atoms with E-state index in [4.69, 9.17) is 0 Å². The lowest BCUT2D eigenvalue weighted by Gasteiger charge is -2.22. The molecule has 0 amide bonds. The molecular formula is C6H8F4O. The van der Waals surface area contributed by atoms with Crippen LogP contribution in [0.3, 0.4) is 0 Å². The minimum absolute atomic E-state index is 0.289. The van der Waals surface area contributed by atoms with Gasteiger partial charge in [-0.05, 0) is 0 Å². The molecule has 0 aliphatic carbocycles. The van der Waals surface area contributed by atoms with Crippen molar-refractivity contribution in [3.05, 3.63) is 0 Å². The SMILES string of the molecule is FC1(F)CCOCCC1(F)F. The Bertz CT molecular complexity index is 130. The highest BCUT2D eigenvalue weighted by Crippen LogP contribution is 2.40. The van der Waals surface area contributed by atoms with Crippen molar-refractivity contribution in [2.24, 2.45) is 0 Å². The number of halogens is 4. The fourth-order valence-corrected chi connectivity index (χ4v) is 0.869. The summed E-state index contributed by atoms with van der Waals surface area (Å²) in [7, 11) is 0. The van der Waals surface area contributed by atoms with Crippen LogP contribution >= 0.6 is 0 Å². The molecule has 66 valence electrons. The van der Waals surface area contributed by atoms with Gasteiger partial charge in [0.05, 0.1) is 13.2 Å². The van der Waals surface area contributed by atoms with Crippen molar-refractivity contribution in [2.75, 3.05) is 13.2 Å². The summed E-state index contributed by atoms with van der Waals surface area (Å²) in [5.41, 5.74) is 0. The van der Waals surface area contributed by atoms with Crippen molar-refractivity contribution in [1.82, 2.24) is 0 Å². The second-order valence-electron chi connectivity index (χ2n) is 2.52. The van der Waals surface area contributed by atoms with Gasteiger partial charge < -0.3 is 4.74 Å². The van der Waals surface area contributed by atoms with Crippen LogP contribution in [0.15, 0.2) is 0 Å². The molecule has 0 unspecified atom stereocenters. The summed E-state index contributed by atoms with van der Waals surface area (Å²) in [5, 5.41) is 0. The van der Waals surface area contributed by atoms with Crippen LogP contribution in [0.5, 0.6) is 0 Å². The molecule has 0 spiro atoms. The van der Waals surface area contributed by atoms with Crippen LogP contribution in [-0.4, -0.2) is 25.1 Å². The summed E-state index contributed by atoms with van der Waals surface area (Å²) in [5.74, 6) is -7.80. The summed E-state index contributed by atoms with van der Waals surface area (Å²) in [4.78, 5) is 0. The smallest absolute Gasteiger partial charge is 0.312 e. The van der Waals surface area contributed by atoms with Gasteiger partial charge in [-0.1, -0.05) is 0 Å². The first-order valence-electron chi connectivity index (χ1n) is 3.29. The van der Waals surface area contributed by atoms with E-state index in [0.29, 0.717) is 0 Å². The van der Waals surface area contributed by atoms with E-state index in [1.54, 1.807) is 0 Å². The lowest BCUT2D eigenvalue weighted by molar-refractivity contribution is -0.208. The van der Waals surface area contributed by atoms with Gasteiger partial charge in [-0.3, -0.25) is 0 Å². The molecule has 1 rings (SSSR count). The van der Waals surface area contributed by atoms with Crippen LogP contribution in [0.1, 0.15) is 12.8 Å². The molecular weight excluding hydrogens is 164 g/mol. The Labute approximate surface area is 61.3 Å². The topological polar surface area (TPSA) is 9.23 Å². The van der Waals surface area contributed by atoms with Gasteiger partial charge in [0, 0.05) is 12.8 Å². The van der Waals surface area contributed by atoms with E-state index < -0.39 is 24.7 Å². The highest BCUT2D eigenvalue weighted by molar-refractivity contribution is 4.86. The van der Waals surface area contributed by atoms with Crippen molar-refractivity contribution < 1.29 is 22.3 Å². The van der Waals surface area contributed by atoms with Gasteiger partial charge in [-0.2, -0.15) is 17.6 Å². The lowest BCUT2D eigenvalue weighted by atomic mass is 10.1. The average Bonchev–Trinajstić information content (AvgIpc) is 1.94. The largest absolute Gasteiger partial charge is 0.381 e. The molecule has 5 heteroatoms. The van der Waals surface area contributed by atoms with Crippen molar-refractivity contribution in [1.29, 1.82) is 0 Å². The first-order chi connectivity index (χ1) is 4.96. The van der Waals surface area contributed by atoms with Crippen molar-refractivity contribution in [3.63, 3.8) is 0 Å². The van der Waals surface area contributed by atoms with Gasteiger partial charge in [0.25, 0.3) is 0 Å². The Morgan fingerprint density at radius 1 is 0.818 bits per heavy atom. The molecule has 1 saturated heterocycles. The molecule has 1 heterocycles. The number of alkyl halides is 4. The molecule has 1 aliphatic heterocycles. The minimum Gasteiger partial charge on any atom is -0.381 e. The maximum atomic E-state index is 12.4. The van der Waals surface area contributed by atoms with E-state index in [0.717, 1.165) is 0 Å². The van der Waals surface area contributed by atoms with E-state index in [-0.39, 0.29) is 13.2 Å². The Hall–Kier alpha value is -0.320. The Balaban J connectivity index is 2.72. The molecule has 0 aromatic rings. The average molecular weight is 172 g/mol. The van der Waals surface area contributed by atoms with Crippen LogP contribution in [-0.2, 0) is 4.74 Å². The summed E-state index contributed by atoms with van der Waals surface area (Å²) >= 11 is 0. The summed E-state index contributed by atoms with van der Waals surface area (Å²) < 4.78 is 54.2. The molecule has 1 aliphatic rings. The molecule has 0 saturated carbocycles. The maximum Gasteiger partial charge on any atom is 0.312 e. The number of ether oxygens (including phenoxy) is 1. The van der Waals surface area contributed by atoms with Crippen LogP contribution in [0.2, 0.25) is 0 Å². The van der Waals surface area contributed by atoms with Crippen LogP contribution < -0.4 is 0 Å². The van der Waals surface area contributed by atoms with Crippen LogP contribution in [0.25, 0.3) is 0 Å². The summed E-state index contributed by atoms with van der Waals surface area (Å²) in [6, 6.07) is 0. The van der Waals surface area contributed by atoms with Gasteiger partial charge in [0.15, 0.2) is 0 Å². The fourth-order valence-electron chi connectivity index (χ4n) is 0.869. The summed E-state index contributed by atoms with van der Waals surface area (Å²) in [6.45, 7) is -0.578. The zero-order chi connectivity index (χ0) is 8.54. The standard InChI is InChI=1S/C6H8F4O/c7-5(8)1-3-11-4-2-6(5,9)10/h1-4H2. The predicted molar refractivity (Wildman–Crippen MR) is 29.9 cm³/mol. The van der Waals surface area contributed by atoms with E-state index in [1.165, 1.54) is 0 Å². The number of hydrogen-bond donors (Lipinski definition) is 0. The third kappa shape index (κ3) is 1.64. The predicted octanol–water partition coefficient (Wildman–Crippen LogP) is 2.07. The number of hydrogen-bond acceptors (Lipinski definition) is 1. The van der Waals surface area contributed by atoms with Gasteiger partial charge in [0.1, 0.15) is 0 Å². The maximum absolute atomic E-state index is 12.4. The molecule has 0 radical (unpaired) electrons. The zero-order valence-corrected chi connectivity index (χ0v) is 5.75. The molecule has 0 bridgehead atoms. The quantitative estimate of drug-likeness (QED) is 0.508. The van der Waals surface area contributed by atoms with E-state index in [9.17, 15) is 17.6 Å². The second kappa shape index (κ2) is 2.62. The molecule has 0 aromatic heterocycles. The first-order valence-corrected chi connectivity index (χ1v) is 3.29. The molecule has 0 atom stereocenters. The van der Waals surface area contributed by atoms with Crippen molar-refractivity contribution in [2.45, 2.75) is 24.7 Å². The molecule has 0 aromatic carbocycles. The monoisotopic (exact) mass is 172 g/mol. The van der Waals surface area contributed by atoms with Gasteiger partial charge in [0.2, 0.25) is 0 Å². The third-order valence-electron chi connectivity index (χ3n) is 1.66. The third-order valence-corrected chi connectivity index (χ3v) is 1.66. The van der Waals surface area contributed by atoms with E-state index in [1.807, 2.05) is 0 Å². The van der Waals surface area contributed by atoms with Gasteiger partial charge in [-0.15, -0.1) is 0 Å². The second-order valence-corrected chi connectivity index (χ2v) is 2.52. The Kier molecular flexibility index (Phi) is 2.09. The molecule has 11 heavy (non-hydrogen) atoms. The fraction of sp³-hybridized carbons (Fsp3) is 1.00. The molecule has 1 nitrogen and oxygen atoms in total. The van der Waals surface area contributed by atoms with E-state index >= 15 is 0 Å². The first kappa shape index (κ1) is 8.77. The van der Waals surface area contributed by atoms with Crippen molar-refractivity contribution >= 4 is 0 Å². The van der Waals surface area contributed by atoms with Gasteiger partial charge in [-0.25, -0.2) is 0 Å². The molecule has 0 N–H and O–H groups in total. The number of rotatable bonds is 0. The minimum atomic E-state index is -3.90. The Morgan fingerprint density at radius 3 is 1.55 bits per heavy atom. The van der Waals surface area contributed by atoms with Gasteiger partial charge >= 0.3 is 11.8 Å². The zero-order valence-electron chi connectivity index (χ0n) is 5.75. The lowest BCUT2D eigenvalue weighted by Crippen LogP contribution is -2.39. The highest BCUT2D eigenvalue weighted by atomic mass is 19.3. The Morgan fingerprint density at radius 2 is 1.18 bits per heavy atom. The normalized spacial score (nSPS) is 29.5.